The molecule has 1 aromatic rings. The maximum atomic E-state index is 12.6. The summed E-state index contributed by atoms with van der Waals surface area (Å²) in [6, 6.07) is 7.65. The fourth-order valence-electron chi connectivity index (χ4n) is 2.93. The molecule has 5 nitrogen and oxygen atoms in total. The van der Waals surface area contributed by atoms with Gasteiger partial charge in [-0.25, -0.2) is 4.79 Å². The number of rotatable bonds is 4. The Bertz CT molecular complexity index is 760. The van der Waals surface area contributed by atoms with Crippen LogP contribution in [0.5, 0.6) is 0 Å². The number of aryl methyl sites for hydroxylation is 1. The van der Waals surface area contributed by atoms with Crippen LogP contribution in [0.4, 0.5) is 0 Å². The topological polar surface area (TPSA) is 63.7 Å². The normalized spacial score (nSPS) is 16.3. The summed E-state index contributed by atoms with van der Waals surface area (Å²) >= 11 is 0. The van der Waals surface area contributed by atoms with Crippen LogP contribution in [0.25, 0.3) is 5.57 Å². The minimum Gasteiger partial charge on any atom is -0.460 e. The third kappa shape index (κ3) is 2.59. The first-order chi connectivity index (χ1) is 11.0. The number of ether oxygens (including phenoxy) is 1. The quantitative estimate of drug-likeness (QED) is 0.484. The lowest BCUT2D eigenvalue weighted by Crippen LogP contribution is -2.35. The number of hydrogen-bond acceptors (Lipinski definition) is 4. The van der Waals surface area contributed by atoms with Gasteiger partial charge in [-0.15, -0.1) is 0 Å². The van der Waals surface area contributed by atoms with E-state index in [1.54, 1.807) is 6.92 Å². The largest absolute Gasteiger partial charge is 0.460 e. The third-order valence-electron chi connectivity index (χ3n) is 4.09. The first-order valence-electron chi connectivity index (χ1n) is 7.51. The molecule has 1 aliphatic heterocycles. The smallest absolute Gasteiger partial charge is 0.333 e. The fourth-order valence-corrected chi connectivity index (χ4v) is 2.93. The van der Waals surface area contributed by atoms with Crippen LogP contribution in [-0.4, -0.2) is 35.8 Å². The van der Waals surface area contributed by atoms with Gasteiger partial charge in [0.1, 0.15) is 6.61 Å². The minimum absolute atomic E-state index is 0.0224. The zero-order chi connectivity index (χ0) is 16.6. The van der Waals surface area contributed by atoms with Crippen molar-refractivity contribution < 1.29 is 19.1 Å². The summed E-state index contributed by atoms with van der Waals surface area (Å²) in [5, 5.41) is 0. The molecule has 23 heavy (non-hydrogen) atoms. The van der Waals surface area contributed by atoms with Crippen molar-refractivity contribution in [3.8, 4) is 0 Å². The predicted molar refractivity (Wildman–Crippen MR) is 84.2 cm³/mol. The summed E-state index contributed by atoms with van der Waals surface area (Å²) in [6.07, 6.45) is 1.32. The zero-order valence-corrected chi connectivity index (χ0v) is 12.9. The Hall–Kier alpha value is -2.69. The van der Waals surface area contributed by atoms with Crippen LogP contribution in [0.2, 0.25) is 0 Å². The Balaban J connectivity index is 1.77. The average molecular weight is 311 g/mol. The lowest BCUT2D eigenvalue weighted by molar-refractivity contribution is -0.144. The molecule has 3 rings (SSSR count). The van der Waals surface area contributed by atoms with Crippen molar-refractivity contribution in [3.05, 3.63) is 53.1 Å². The predicted octanol–water partition coefficient (Wildman–Crippen LogP) is 1.87. The van der Waals surface area contributed by atoms with Crippen LogP contribution in [0, 0.1) is 0 Å². The standard InChI is InChI=1S/C18H17NO4/c1-11(2)18(22)23-10-9-19-16(20)14-8-7-12-5-3-4-6-13(12)15(14)17(19)21/h3-6H,1,7-10H2,2H3. The molecule has 1 heterocycles. The van der Waals surface area contributed by atoms with E-state index in [0.29, 0.717) is 17.6 Å². The Kier molecular flexibility index (Phi) is 3.86. The molecule has 2 amide bonds. The van der Waals surface area contributed by atoms with E-state index in [9.17, 15) is 14.4 Å². The molecule has 1 aromatic carbocycles. The van der Waals surface area contributed by atoms with E-state index in [2.05, 4.69) is 6.58 Å². The van der Waals surface area contributed by atoms with Crippen LogP contribution in [0.1, 0.15) is 24.5 Å². The van der Waals surface area contributed by atoms with Gasteiger partial charge in [-0.05, 0) is 30.9 Å². The number of imide groups is 1. The van der Waals surface area contributed by atoms with Gasteiger partial charge in [0.25, 0.3) is 11.8 Å². The van der Waals surface area contributed by atoms with Crippen molar-refractivity contribution >= 4 is 23.4 Å². The number of amides is 2. The van der Waals surface area contributed by atoms with Crippen molar-refractivity contribution in [2.24, 2.45) is 0 Å². The van der Waals surface area contributed by atoms with Gasteiger partial charge in [-0.3, -0.25) is 14.5 Å². The van der Waals surface area contributed by atoms with Crippen LogP contribution in [-0.2, 0) is 25.5 Å². The van der Waals surface area contributed by atoms with Gasteiger partial charge < -0.3 is 4.74 Å². The molecule has 5 heteroatoms. The molecule has 0 spiro atoms. The minimum atomic E-state index is -0.521. The van der Waals surface area contributed by atoms with E-state index in [0.717, 1.165) is 17.5 Å². The van der Waals surface area contributed by atoms with Gasteiger partial charge in [0, 0.05) is 11.1 Å². The van der Waals surface area contributed by atoms with E-state index in [4.69, 9.17) is 4.74 Å². The van der Waals surface area contributed by atoms with E-state index in [-0.39, 0.29) is 30.5 Å². The van der Waals surface area contributed by atoms with Gasteiger partial charge >= 0.3 is 5.97 Å². The summed E-state index contributed by atoms with van der Waals surface area (Å²) in [6.45, 7) is 5.08. The second-order valence-corrected chi connectivity index (χ2v) is 5.69. The number of hydrogen-bond donors (Lipinski definition) is 0. The van der Waals surface area contributed by atoms with Gasteiger partial charge in [-0.1, -0.05) is 30.8 Å². The molecule has 0 bridgehead atoms. The van der Waals surface area contributed by atoms with Gasteiger partial charge in [0.15, 0.2) is 0 Å². The highest BCUT2D eigenvalue weighted by molar-refractivity contribution is 6.36. The number of nitrogens with zero attached hydrogens (tertiary/aromatic N) is 1. The summed E-state index contributed by atoms with van der Waals surface area (Å²) in [4.78, 5) is 37.6. The maximum absolute atomic E-state index is 12.6. The Morgan fingerprint density at radius 2 is 1.96 bits per heavy atom. The molecule has 118 valence electrons. The number of esters is 1. The summed E-state index contributed by atoms with van der Waals surface area (Å²) in [7, 11) is 0. The Morgan fingerprint density at radius 1 is 1.22 bits per heavy atom. The number of carbonyl (C=O) groups excluding carboxylic acids is 3. The molecule has 0 unspecified atom stereocenters. The van der Waals surface area contributed by atoms with E-state index in [1.807, 2.05) is 24.3 Å². The molecule has 0 saturated heterocycles. The van der Waals surface area contributed by atoms with Crippen LogP contribution >= 0.6 is 0 Å². The molecule has 1 aliphatic carbocycles. The molecule has 0 saturated carbocycles. The van der Waals surface area contributed by atoms with Crippen LogP contribution in [0.3, 0.4) is 0 Å². The zero-order valence-electron chi connectivity index (χ0n) is 12.9. The molecule has 0 atom stereocenters. The van der Waals surface area contributed by atoms with E-state index >= 15 is 0 Å². The highest BCUT2D eigenvalue weighted by Crippen LogP contribution is 2.37. The molecule has 0 N–H and O–H groups in total. The molecule has 0 radical (unpaired) electrons. The first-order valence-corrected chi connectivity index (χ1v) is 7.51. The third-order valence-corrected chi connectivity index (χ3v) is 4.09. The van der Waals surface area contributed by atoms with Gasteiger partial charge in [0.2, 0.25) is 0 Å². The van der Waals surface area contributed by atoms with Gasteiger partial charge in [-0.2, -0.15) is 0 Å². The lowest BCUT2D eigenvalue weighted by Gasteiger charge is -2.15. The maximum Gasteiger partial charge on any atom is 0.333 e. The molecular weight excluding hydrogens is 294 g/mol. The molecule has 0 aromatic heterocycles. The highest BCUT2D eigenvalue weighted by atomic mass is 16.5. The first kappa shape index (κ1) is 15.2. The van der Waals surface area contributed by atoms with Crippen LogP contribution in [0.15, 0.2) is 42.0 Å². The molecule has 0 fully saturated rings. The number of fused-ring (bicyclic) bond motifs is 2. The van der Waals surface area contributed by atoms with Crippen LogP contribution < -0.4 is 0 Å². The SMILES string of the molecule is C=C(C)C(=O)OCCN1C(=O)C2=C(C1=O)c1ccccc1CC2. The van der Waals surface area contributed by atoms with Crippen molar-refractivity contribution in [1.29, 1.82) is 0 Å². The fraction of sp³-hybridized carbons (Fsp3) is 0.278. The molecule has 2 aliphatic rings. The van der Waals surface area contributed by atoms with Crippen molar-refractivity contribution in [1.82, 2.24) is 4.90 Å². The second-order valence-electron chi connectivity index (χ2n) is 5.69. The Morgan fingerprint density at radius 3 is 2.70 bits per heavy atom. The summed E-state index contributed by atoms with van der Waals surface area (Å²) in [5.41, 5.74) is 3.29. The highest BCUT2D eigenvalue weighted by Gasteiger charge is 2.40. The van der Waals surface area contributed by atoms with Crippen molar-refractivity contribution in [2.45, 2.75) is 19.8 Å². The molecular formula is C18H17NO4. The Labute approximate surface area is 134 Å². The van der Waals surface area contributed by atoms with Gasteiger partial charge in [0.05, 0.1) is 12.1 Å². The van der Waals surface area contributed by atoms with Crippen molar-refractivity contribution in [2.75, 3.05) is 13.2 Å². The lowest BCUT2D eigenvalue weighted by atomic mass is 9.87. The summed E-state index contributed by atoms with van der Waals surface area (Å²) < 4.78 is 4.98. The second kappa shape index (κ2) is 5.83. The monoisotopic (exact) mass is 311 g/mol. The van der Waals surface area contributed by atoms with Crippen molar-refractivity contribution in [3.63, 3.8) is 0 Å². The summed E-state index contributed by atoms with van der Waals surface area (Å²) in [5.74, 6) is -1.10. The van der Waals surface area contributed by atoms with E-state index < -0.39 is 5.97 Å². The average Bonchev–Trinajstić information content (AvgIpc) is 2.79. The number of benzene rings is 1. The number of carbonyl (C=O) groups is 3. The van der Waals surface area contributed by atoms with E-state index in [1.165, 1.54) is 4.90 Å².